The van der Waals surface area contributed by atoms with Crippen molar-refractivity contribution in [2.24, 2.45) is 0 Å². The molecule has 5 heteroatoms. The Morgan fingerprint density at radius 1 is 0.425 bits per heavy atom. The Morgan fingerprint density at radius 2 is 1.05 bits per heavy atom. The molecule has 3 aromatic heterocycles. The molecule has 0 saturated carbocycles. The zero-order chi connectivity index (χ0) is 48.0. The first-order valence-electron chi connectivity index (χ1n) is 25.8. The highest BCUT2D eigenvalue weighted by Crippen LogP contribution is 2.64. The van der Waals surface area contributed by atoms with Gasteiger partial charge in [-0.15, -0.1) is 0 Å². The number of furan rings is 1. The van der Waals surface area contributed by atoms with Crippen LogP contribution in [0, 0.1) is 0 Å². The van der Waals surface area contributed by atoms with Gasteiger partial charge in [-0.05, 0) is 143 Å². The summed E-state index contributed by atoms with van der Waals surface area (Å²) in [5, 5.41) is 7.90. The lowest BCUT2D eigenvalue weighted by molar-refractivity contribution is 0.666. The number of aryl methyl sites for hydroxylation is 2. The maximum Gasteiger partial charge on any atom is 0.159 e. The van der Waals surface area contributed by atoms with Crippen LogP contribution in [0.4, 0.5) is 17.1 Å². The number of fused-ring (bicyclic) bond motifs is 18. The van der Waals surface area contributed by atoms with Gasteiger partial charge < -0.3 is 9.32 Å². The molecule has 9 aromatic carbocycles. The van der Waals surface area contributed by atoms with Gasteiger partial charge in [-0.25, -0.2) is 0 Å². The zero-order valence-corrected chi connectivity index (χ0v) is 41.4. The quantitative estimate of drug-likeness (QED) is 0.166. The summed E-state index contributed by atoms with van der Waals surface area (Å²) in [6.07, 6.45) is 5.93. The fourth-order valence-electron chi connectivity index (χ4n) is 15.0. The van der Waals surface area contributed by atoms with Gasteiger partial charge in [-0.1, -0.05) is 177 Å². The molecule has 0 bridgehead atoms. The zero-order valence-electron chi connectivity index (χ0n) is 40.4. The minimum atomic E-state index is -2.15. The van der Waals surface area contributed by atoms with E-state index in [1.807, 2.05) is 12.4 Å². The van der Waals surface area contributed by atoms with Gasteiger partial charge in [0.1, 0.15) is 13.7 Å². The van der Waals surface area contributed by atoms with Crippen LogP contribution in [0.1, 0.15) is 55.6 Å². The number of para-hydroxylation sites is 2. The van der Waals surface area contributed by atoms with Crippen molar-refractivity contribution in [3.63, 3.8) is 0 Å². The fourth-order valence-corrected chi connectivity index (χ4v) is 18.1. The van der Waals surface area contributed by atoms with Crippen molar-refractivity contribution >= 4 is 68.2 Å². The molecule has 5 heterocycles. The standard InChI is InChI=1S/C68H45N3OSi/c1-73(2)58-27-12-9-20-44(58)48-38-54-57(39-59(48)73)71(55-25-11-10-22-49(55)67(54,42-16-5-3-6-17-42)43-18-7-4-8-19-43)56-26-13-21-45-46-33-35-51-62(66(46)72-65(45)56)47-32-30-40-28-29-41-31-34-50(61(47)60(40)41)68(51)52-23-14-36-69-63(52)64-53(68)24-15-37-70-64/h3-27,30-39H,28-29H2,1-2H3. The monoisotopic (exact) mass is 947 g/mol. The van der Waals surface area contributed by atoms with Crippen LogP contribution in [-0.4, -0.2) is 18.0 Å². The summed E-state index contributed by atoms with van der Waals surface area (Å²) < 4.78 is 7.81. The van der Waals surface area contributed by atoms with Crippen molar-refractivity contribution in [3.05, 3.63) is 268 Å². The molecular weight excluding hydrogens is 903 g/mol. The van der Waals surface area contributed by atoms with Gasteiger partial charge in [0, 0.05) is 28.7 Å². The highest BCUT2D eigenvalue weighted by atomic mass is 28.3. The van der Waals surface area contributed by atoms with Gasteiger partial charge in [0.05, 0.1) is 39.3 Å². The molecule has 73 heavy (non-hydrogen) atoms. The van der Waals surface area contributed by atoms with E-state index < -0.39 is 18.9 Å². The summed E-state index contributed by atoms with van der Waals surface area (Å²) in [5.41, 5.74) is 23.6. The topological polar surface area (TPSA) is 42.2 Å². The third kappa shape index (κ3) is 4.70. The maximum atomic E-state index is 7.81. The first-order chi connectivity index (χ1) is 36.0. The number of nitrogens with zero attached hydrogens (tertiary/aromatic N) is 3. The van der Waals surface area contributed by atoms with E-state index in [0.29, 0.717) is 0 Å². The summed E-state index contributed by atoms with van der Waals surface area (Å²) in [6.45, 7) is 5.06. The van der Waals surface area contributed by atoms with Crippen LogP contribution in [0.3, 0.4) is 0 Å². The summed E-state index contributed by atoms with van der Waals surface area (Å²) in [7, 11) is -2.15. The van der Waals surface area contributed by atoms with Crippen LogP contribution in [-0.2, 0) is 23.7 Å². The molecule has 4 nitrogen and oxygen atoms in total. The second-order valence-corrected chi connectivity index (χ2v) is 25.7. The Morgan fingerprint density at radius 3 is 1.81 bits per heavy atom. The molecule has 0 fully saturated rings. The largest absolute Gasteiger partial charge is 0.453 e. The number of pyridine rings is 2. The van der Waals surface area contributed by atoms with Crippen molar-refractivity contribution in [3.8, 4) is 33.6 Å². The molecule has 0 radical (unpaired) electrons. The van der Waals surface area contributed by atoms with E-state index in [2.05, 4.69) is 218 Å². The summed E-state index contributed by atoms with van der Waals surface area (Å²) >= 11 is 0. The lowest BCUT2D eigenvalue weighted by atomic mass is 9.61. The predicted molar refractivity (Wildman–Crippen MR) is 299 cm³/mol. The molecule has 12 aromatic rings. The number of hydrogen-bond donors (Lipinski definition) is 0. The molecular formula is C68H45N3OSi. The van der Waals surface area contributed by atoms with E-state index in [1.54, 1.807) is 0 Å². The van der Waals surface area contributed by atoms with Crippen LogP contribution in [0.25, 0.3) is 66.4 Å². The molecule has 17 rings (SSSR count). The molecule has 0 N–H and O–H groups in total. The van der Waals surface area contributed by atoms with Crippen LogP contribution < -0.4 is 15.3 Å². The maximum absolute atomic E-state index is 7.81. The minimum absolute atomic E-state index is 0.635. The third-order valence-corrected chi connectivity index (χ3v) is 21.5. The van der Waals surface area contributed by atoms with Crippen LogP contribution in [0.5, 0.6) is 0 Å². The molecule has 0 atom stereocenters. The Labute approximate surface area is 423 Å². The first kappa shape index (κ1) is 40.0. The normalized spacial score (nSPS) is 16.0. The van der Waals surface area contributed by atoms with Crippen molar-refractivity contribution in [1.29, 1.82) is 0 Å². The summed E-state index contributed by atoms with van der Waals surface area (Å²) in [4.78, 5) is 12.7. The van der Waals surface area contributed by atoms with E-state index in [1.165, 1.54) is 99.2 Å². The highest BCUT2D eigenvalue weighted by molar-refractivity contribution is 7.03. The molecule has 0 amide bonds. The summed E-state index contributed by atoms with van der Waals surface area (Å²) in [6, 6.07) is 75.8. The Balaban J connectivity index is 0.997. The number of hydrogen-bond acceptors (Lipinski definition) is 4. The average Bonchev–Trinajstić information content (AvgIpc) is 4.20. The molecule has 0 unspecified atom stereocenters. The van der Waals surface area contributed by atoms with E-state index in [-0.39, 0.29) is 0 Å². The van der Waals surface area contributed by atoms with Gasteiger partial charge in [0.2, 0.25) is 0 Å². The Kier molecular flexibility index (Phi) is 7.59. The SMILES string of the molecule is C[Si]1(C)c2ccccc2-c2cc3c(cc21)N(c1cccc2c1oc1c4c(ccc12)C1(c2cccnc2-c2ncccc21)c1ccc2c5c(ccc-4c15)CC2)c1ccccc1C3(c1ccccc1)c1ccccc1. The number of aromatic nitrogens is 2. The van der Waals surface area contributed by atoms with Gasteiger partial charge >= 0.3 is 0 Å². The Bertz CT molecular complexity index is 4340. The van der Waals surface area contributed by atoms with Gasteiger partial charge in [0.25, 0.3) is 0 Å². The molecule has 3 aliphatic carbocycles. The number of anilines is 3. The molecule has 5 aliphatic rings. The van der Waals surface area contributed by atoms with Gasteiger partial charge in [-0.3, -0.25) is 9.97 Å². The second kappa shape index (κ2) is 13.9. The molecule has 2 aliphatic heterocycles. The van der Waals surface area contributed by atoms with Crippen molar-refractivity contribution in [1.82, 2.24) is 9.97 Å². The van der Waals surface area contributed by atoms with Crippen molar-refractivity contribution in [2.75, 3.05) is 4.90 Å². The van der Waals surface area contributed by atoms with Crippen molar-refractivity contribution in [2.45, 2.75) is 36.8 Å². The molecule has 342 valence electrons. The number of rotatable bonds is 3. The van der Waals surface area contributed by atoms with Gasteiger partial charge in [0.15, 0.2) is 5.58 Å². The number of benzene rings is 9. The van der Waals surface area contributed by atoms with E-state index in [4.69, 9.17) is 14.4 Å². The highest BCUT2D eigenvalue weighted by Gasteiger charge is 2.53. The lowest BCUT2D eigenvalue weighted by Crippen LogP contribution is -2.49. The minimum Gasteiger partial charge on any atom is -0.453 e. The Hall–Kier alpha value is -8.64. The van der Waals surface area contributed by atoms with Crippen LogP contribution >= 0.6 is 0 Å². The third-order valence-electron chi connectivity index (χ3n) is 17.9. The van der Waals surface area contributed by atoms with E-state index in [0.717, 1.165) is 63.1 Å². The predicted octanol–water partition coefficient (Wildman–Crippen LogP) is 14.9. The fraction of sp³-hybridized carbons (Fsp3) is 0.0882. The van der Waals surface area contributed by atoms with E-state index >= 15 is 0 Å². The molecule has 1 spiro atoms. The molecule has 0 saturated heterocycles. The van der Waals surface area contributed by atoms with Crippen molar-refractivity contribution < 1.29 is 4.42 Å². The average molecular weight is 948 g/mol. The second-order valence-electron chi connectivity index (χ2n) is 21.4. The van der Waals surface area contributed by atoms with Crippen LogP contribution in [0.15, 0.2) is 217 Å². The first-order valence-corrected chi connectivity index (χ1v) is 28.8. The lowest BCUT2D eigenvalue weighted by Gasteiger charge is -2.47. The van der Waals surface area contributed by atoms with Crippen LogP contribution in [0.2, 0.25) is 13.1 Å². The van der Waals surface area contributed by atoms with Gasteiger partial charge in [-0.2, -0.15) is 0 Å². The summed E-state index contributed by atoms with van der Waals surface area (Å²) in [5.74, 6) is 0. The smallest absolute Gasteiger partial charge is 0.159 e. The van der Waals surface area contributed by atoms with E-state index in [9.17, 15) is 0 Å².